The lowest BCUT2D eigenvalue weighted by molar-refractivity contribution is -0.142. The molecule has 3 rings (SSSR count). The number of hydrogen-bond acceptors (Lipinski definition) is 5. The zero-order valence-electron chi connectivity index (χ0n) is 21.3. The van der Waals surface area contributed by atoms with Gasteiger partial charge in [0.05, 0.1) is 18.7 Å². The van der Waals surface area contributed by atoms with E-state index in [9.17, 15) is 9.59 Å². The van der Waals surface area contributed by atoms with Crippen LogP contribution in [0.15, 0.2) is 66.7 Å². The minimum atomic E-state index is -0.827. The van der Waals surface area contributed by atoms with Gasteiger partial charge in [0.25, 0.3) is 5.91 Å². The molecule has 0 aliphatic heterocycles. The molecule has 1 unspecified atom stereocenters. The fourth-order valence-corrected chi connectivity index (χ4v) is 4.02. The number of amides is 1. The number of anilines is 1. The van der Waals surface area contributed by atoms with Crippen molar-refractivity contribution in [1.29, 1.82) is 5.41 Å². The van der Waals surface area contributed by atoms with Crippen molar-refractivity contribution in [2.45, 2.75) is 33.3 Å². The number of nitrogen functional groups attached to an aromatic ring is 1. The van der Waals surface area contributed by atoms with Gasteiger partial charge >= 0.3 is 5.97 Å². The quantitative estimate of drug-likeness (QED) is 0.179. The highest BCUT2D eigenvalue weighted by Crippen LogP contribution is 2.36. The largest absolute Gasteiger partial charge is 0.473 e. The minimum Gasteiger partial charge on any atom is -0.473 e. The zero-order valence-corrected chi connectivity index (χ0v) is 21.3. The molecule has 0 aliphatic carbocycles. The van der Waals surface area contributed by atoms with Gasteiger partial charge in [0.2, 0.25) is 0 Å². The second-order valence-corrected chi connectivity index (χ2v) is 8.44. The van der Waals surface area contributed by atoms with E-state index in [2.05, 4.69) is 5.92 Å². The van der Waals surface area contributed by atoms with Crippen molar-refractivity contribution in [2.24, 2.45) is 5.73 Å². The van der Waals surface area contributed by atoms with Gasteiger partial charge in [0.1, 0.15) is 11.6 Å². The minimum absolute atomic E-state index is 0.0212. The van der Waals surface area contributed by atoms with Crippen LogP contribution >= 0.6 is 0 Å². The number of hydrogen-bond donors (Lipinski definition) is 2. The molecule has 37 heavy (non-hydrogen) atoms. The summed E-state index contributed by atoms with van der Waals surface area (Å²) in [6.07, 6.45) is 5.16. The number of amidine groups is 1. The van der Waals surface area contributed by atoms with Crippen LogP contribution in [-0.2, 0) is 9.53 Å². The number of benzene rings is 3. The Morgan fingerprint density at radius 1 is 1.00 bits per heavy atom. The van der Waals surface area contributed by atoms with E-state index < -0.39 is 12.1 Å². The summed E-state index contributed by atoms with van der Waals surface area (Å²) in [7, 11) is 0. The number of nitrogens with zero attached hydrogens (tertiary/aromatic N) is 1. The van der Waals surface area contributed by atoms with E-state index >= 15 is 0 Å². The zero-order chi connectivity index (χ0) is 26.9. The second-order valence-electron chi connectivity index (χ2n) is 8.44. The average molecular weight is 498 g/mol. The van der Waals surface area contributed by atoms with E-state index in [1.807, 2.05) is 32.0 Å². The second kappa shape index (κ2) is 12.4. The van der Waals surface area contributed by atoms with Gasteiger partial charge in [-0.3, -0.25) is 15.0 Å². The van der Waals surface area contributed by atoms with E-state index in [1.165, 1.54) is 0 Å². The smallest absolute Gasteiger partial charge is 0.307 e. The standard InChI is InChI=1S/C30H31N3O4/c1-5-25(37-24-16-14-22(15-17-24)29(31)32)27-20(3)12-13-21(4)28(27)33(19-18-26(34)36-6-2)30(35)23-10-8-7-9-11-23/h1,7-17,25H,6,18-19H2,2-4H3,(H3,31,32). The molecule has 7 nitrogen and oxygen atoms in total. The molecule has 0 saturated carbocycles. The van der Waals surface area contributed by atoms with Gasteiger partial charge in [0, 0.05) is 23.2 Å². The Morgan fingerprint density at radius 3 is 2.24 bits per heavy atom. The van der Waals surface area contributed by atoms with Crippen molar-refractivity contribution in [3.8, 4) is 18.1 Å². The molecule has 0 saturated heterocycles. The molecular formula is C30H31N3O4. The van der Waals surface area contributed by atoms with Crippen LogP contribution in [0.4, 0.5) is 5.69 Å². The highest BCUT2D eigenvalue weighted by atomic mass is 16.5. The number of esters is 1. The van der Waals surface area contributed by atoms with Crippen molar-refractivity contribution < 1.29 is 19.1 Å². The molecule has 1 atom stereocenters. The molecule has 0 aromatic heterocycles. The summed E-state index contributed by atoms with van der Waals surface area (Å²) in [6.45, 7) is 5.90. The first-order valence-electron chi connectivity index (χ1n) is 12.0. The predicted molar refractivity (Wildman–Crippen MR) is 145 cm³/mol. The lowest BCUT2D eigenvalue weighted by Crippen LogP contribution is -2.35. The lowest BCUT2D eigenvalue weighted by Gasteiger charge is -2.30. The molecule has 0 bridgehead atoms. The van der Waals surface area contributed by atoms with E-state index in [0.717, 1.165) is 11.1 Å². The summed E-state index contributed by atoms with van der Waals surface area (Å²) >= 11 is 0. The van der Waals surface area contributed by atoms with Gasteiger partial charge < -0.3 is 20.1 Å². The number of carbonyl (C=O) groups is 2. The van der Waals surface area contributed by atoms with E-state index in [-0.39, 0.29) is 31.3 Å². The van der Waals surface area contributed by atoms with Crippen LogP contribution in [0.5, 0.6) is 5.75 Å². The first-order valence-corrected chi connectivity index (χ1v) is 12.0. The average Bonchev–Trinajstić information content (AvgIpc) is 2.90. The Labute approximate surface area is 217 Å². The molecule has 0 fully saturated rings. The molecule has 0 aliphatic rings. The number of ether oxygens (including phenoxy) is 2. The highest BCUT2D eigenvalue weighted by molar-refractivity contribution is 6.07. The molecule has 7 heteroatoms. The van der Waals surface area contributed by atoms with Crippen LogP contribution in [0, 0.1) is 31.6 Å². The summed E-state index contributed by atoms with van der Waals surface area (Å²) in [6, 6.07) is 19.5. The monoisotopic (exact) mass is 497 g/mol. The van der Waals surface area contributed by atoms with Crippen LogP contribution in [0.1, 0.15) is 52.1 Å². The number of terminal acetylenes is 1. The third-order valence-corrected chi connectivity index (χ3v) is 5.85. The SMILES string of the molecule is C#CC(Oc1ccc(C(=N)N)cc1)c1c(C)ccc(C)c1N(CCC(=O)OCC)C(=O)c1ccccc1. The van der Waals surface area contributed by atoms with Gasteiger partial charge in [-0.05, 0) is 68.3 Å². The summed E-state index contributed by atoms with van der Waals surface area (Å²) in [5, 5.41) is 7.59. The lowest BCUT2D eigenvalue weighted by atomic mass is 9.96. The van der Waals surface area contributed by atoms with Gasteiger partial charge in [-0.1, -0.05) is 36.3 Å². The molecule has 0 spiro atoms. The van der Waals surface area contributed by atoms with Crippen molar-refractivity contribution in [1.82, 2.24) is 0 Å². The Kier molecular flexibility index (Phi) is 9.06. The van der Waals surface area contributed by atoms with E-state index in [4.69, 9.17) is 27.0 Å². The number of nitrogens with two attached hydrogens (primary N) is 1. The first-order chi connectivity index (χ1) is 17.8. The first kappa shape index (κ1) is 27.0. The normalized spacial score (nSPS) is 11.2. The maximum absolute atomic E-state index is 13.8. The van der Waals surface area contributed by atoms with E-state index in [0.29, 0.717) is 28.1 Å². The van der Waals surface area contributed by atoms with Gasteiger partial charge in [-0.2, -0.15) is 0 Å². The molecule has 3 N–H and O–H groups in total. The summed E-state index contributed by atoms with van der Waals surface area (Å²) in [5.41, 5.74) is 9.51. The van der Waals surface area contributed by atoms with Crippen molar-refractivity contribution in [3.05, 3.63) is 94.5 Å². The summed E-state index contributed by atoms with van der Waals surface area (Å²) in [4.78, 5) is 27.6. The van der Waals surface area contributed by atoms with Crippen molar-refractivity contribution >= 4 is 23.4 Å². The van der Waals surface area contributed by atoms with E-state index in [1.54, 1.807) is 60.4 Å². The Hall–Kier alpha value is -4.57. The molecule has 3 aromatic rings. The van der Waals surface area contributed by atoms with Crippen molar-refractivity contribution in [2.75, 3.05) is 18.1 Å². The highest BCUT2D eigenvalue weighted by Gasteiger charge is 2.28. The maximum atomic E-state index is 13.8. The summed E-state index contributed by atoms with van der Waals surface area (Å²) in [5.74, 6) is 2.50. The topological polar surface area (TPSA) is 106 Å². The molecular weight excluding hydrogens is 466 g/mol. The van der Waals surface area contributed by atoms with Gasteiger partial charge in [-0.25, -0.2) is 0 Å². The van der Waals surface area contributed by atoms with Crippen LogP contribution in [0.3, 0.4) is 0 Å². The van der Waals surface area contributed by atoms with Crippen LogP contribution < -0.4 is 15.4 Å². The van der Waals surface area contributed by atoms with Crippen molar-refractivity contribution in [3.63, 3.8) is 0 Å². The molecule has 1 amide bonds. The van der Waals surface area contributed by atoms with Crippen LogP contribution in [-0.4, -0.2) is 30.9 Å². The molecule has 0 radical (unpaired) electrons. The molecule has 3 aromatic carbocycles. The predicted octanol–water partition coefficient (Wildman–Crippen LogP) is 4.94. The van der Waals surface area contributed by atoms with Crippen LogP contribution in [0.25, 0.3) is 0 Å². The third kappa shape index (κ3) is 6.56. The van der Waals surface area contributed by atoms with Crippen LogP contribution in [0.2, 0.25) is 0 Å². The Bertz CT molecular complexity index is 1310. The van der Waals surface area contributed by atoms with Gasteiger partial charge in [0.15, 0.2) is 6.10 Å². The van der Waals surface area contributed by atoms with Gasteiger partial charge in [-0.15, -0.1) is 6.42 Å². The fourth-order valence-electron chi connectivity index (χ4n) is 4.02. The fraction of sp³-hybridized carbons (Fsp3) is 0.233. The third-order valence-electron chi connectivity index (χ3n) is 5.85. The number of carbonyl (C=O) groups excluding carboxylic acids is 2. The maximum Gasteiger partial charge on any atom is 0.307 e. The number of aryl methyl sites for hydroxylation is 2. The number of nitrogens with one attached hydrogen (secondary N) is 1. The molecule has 0 heterocycles. The Balaban J connectivity index is 2.08. The molecule has 190 valence electrons. The summed E-state index contributed by atoms with van der Waals surface area (Å²) < 4.78 is 11.3. The number of rotatable bonds is 10. The Morgan fingerprint density at radius 2 is 1.65 bits per heavy atom.